The van der Waals surface area contributed by atoms with Crippen LogP contribution in [0.3, 0.4) is 0 Å². The average Bonchev–Trinajstić information content (AvgIpc) is 2.70. The summed E-state index contributed by atoms with van der Waals surface area (Å²) in [5.74, 6) is 0.747. The van der Waals surface area contributed by atoms with E-state index in [4.69, 9.17) is 21.3 Å². The van der Waals surface area contributed by atoms with Crippen molar-refractivity contribution in [3.05, 3.63) is 47.2 Å². The molecule has 2 aromatic rings. The molecule has 0 fully saturated rings. The molecule has 2 nitrogen and oxygen atoms in total. The van der Waals surface area contributed by atoms with E-state index in [2.05, 4.69) is 0 Å². The Hall–Kier alpha value is -1.72. The van der Waals surface area contributed by atoms with E-state index in [9.17, 15) is 0 Å². The minimum atomic E-state index is 0.446. The van der Waals surface area contributed by atoms with E-state index < -0.39 is 0 Å². The monoisotopic (exact) mass is 203 g/mol. The summed E-state index contributed by atoms with van der Waals surface area (Å²) in [6, 6.07) is 10.9. The highest BCUT2D eigenvalue weighted by Crippen LogP contribution is 2.25. The van der Waals surface area contributed by atoms with Gasteiger partial charge in [-0.2, -0.15) is 5.26 Å². The number of furan rings is 1. The fraction of sp³-hybridized carbons (Fsp3) is 0. The van der Waals surface area contributed by atoms with E-state index in [1.54, 1.807) is 24.5 Å². The molecule has 0 spiro atoms. The summed E-state index contributed by atoms with van der Waals surface area (Å²) in [6.07, 6.45) is 1.60. The van der Waals surface area contributed by atoms with Gasteiger partial charge in [0.15, 0.2) is 0 Å². The lowest BCUT2D eigenvalue weighted by Gasteiger charge is -1.98. The predicted octanol–water partition coefficient (Wildman–Crippen LogP) is 3.47. The van der Waals surface area contributed by atoms with E-state index in [0.717, 1.165) is 11.3 Å². The summed E-state index contributed by atoms with van der Waals surface area (Å²) in [5.41, 5.74) is 1.35. The summed E-state index contributed by atoms with van der Waals surface area (Å²) in [5, 5.41) is 9.13. The molecule has 0 aliphatic rings. The average molecular weight is 204 g/mol. The maximum Gasteiger partial charge on any atom is 0.133 e. The maximum atomic E-state index is 8.68. The summed E-state index contributed by atoms with van der Waals surface area (Å²) < 4.78 is 5.21. The van der Waals surface area contributed by atoms with Crippen molar-refractivity contribution in [2.75, 3.05) is 0 Å². The molecule has 0 aliphatic carbocycles. The van der Waals surface area contributed by atoms with Crippen LogP contribution in [-0.2, 0) is 0 Å². The van der Waals surface area contributed by atoms with Crippen molar-refractivity contribution in [3.63, 3.8) is 0 Å². The second-order valence-corrected chi connectivity index (χ2v) is 3.19. The van der Waals surface area contributed by atoms with Crippen molar-refractivity contribution < 1.29 is 4.42 Å². The fourth-order valence-corrected chi connectivity index (χ4v) is 1.42. The molecule has 68 valence electrons. The first-order chi connectivity index (χ1) is 6.81. The molecule has 3 heteroatoms. The highest BCUT2D eigenvalue weighted by molar-refractivity contribution is 6.32. The van der Waals surface area contributed by atoms with E-state index in [-0.39, 0.29) is 0 Å². The molecule has 0 saturated heterocycles. The number of hydrogen-bond acceptors (Lipinski definition) is 2. The maximum absolute atomic E-state index is 8.68. The normalized spacial score (nSPS) is 9.71. The van der Waals surface area contributed by atoms with Gasteiger partial charge in [0.05, 0.1) is 16.8 Å². The van der Waals surface area contributed by atoms with E-state index in [0.29, 0.717) is 10.6 Å². The third kappa shape index (κ3) is 1.50. The topological polar surface area (TPSA) is 36.9 Å². The van der Waals surface area contributed by atoms with Gasteiger partial charge < -0.3 is 4.42 Å². The molecule has 0 radical (unpaired) electrons. The van der Waals surface area contributed by atoms with Crippen LogP contribution < -0.4 is 0 Å². The van der Waals surface area contributed by atoms with Crippen LogP contribution in [0.25, 0.3) is 11.3 Å². The standard InChI is InChI=1S/C11H6ClNO/c12-10-6-8(3-4-9(10)7-13)11-2-1-5-14-11/h1-6H. The van der Waals surface area contributed by atoms with Crippen LogP contribution in [0.15, 0.2) is 41.0 Å². The molecule has 1 heterocycles. The Bertz CT molecular complexity index is 482. The lowest BCUT2D eigenvalue weighted by Crippen LogP contribution is -1.79. The summed E-state index contributed by atoms with van der Waals surface area (Å²) in [7, 11) is 0. The zero-order valence-corrected chi connectivity index (χ0v) is 7.95. The summed E-state index contributed by atoms with van der Waals surface area (Å²) in [6.45, 7) is 0. The van der Waals surface area contributed by atoms with Crippen LogP contribution >= 0.6 is 11.6 Å². The second-order valence-electron chi connectivity index (χ2n) is 2.78. The molecule has 0 unspecified atom stereocenters. The summed E-state index contributed by atoms with van der Waals surface area (Å²) >= 11 is 5.88. The van der Waals surface area contributed by atoms with Crippen LogP contribution in [0.2, 0.25) is 5.02 Å². The lowest BCUT2D eigenvalue weighted by atomic mass is 10.1. The highest BCUT2D eigenvalue weighted by Gasteiger charge is 2.04. The number of rotatable bonds is 1. The summed E-state index contributed by atoms with van der Waals surface area (Å²) in [4.78, 5) is 0. The Kier molecular flexibility index (Phi) is 2.26. The van der Waals surface area contributed by atoms with Crippen molar-refractivity contribution in [1.29, 1.82) is 5.26 Å². The Morgan fingerprint density at radius 3 is 2.71 bits per heavy atom. The Labute approximate surface area is 86.3 Å². The molecular weight excluding hydrogens is 198 g/mol. The van der Waals surface area contributed by atoms with E-state index >= 15 is 0 Å². The van der Waals surface area contributed by atoms with Gasteiger partial charge in [-0.3, -0.25) is 0 Å². The largest absolute Gasteiger partial charge is 0.464 e. The predicted molar refractivity (Wildman–Crippen MR) is 53.9 cm³/mol. The van der Waals surface area contributed by atoms with Gasteiger partial charge in [0.2, 0.25) is 0 Å². The minimum absolute atomic E-state index is 0.446. The third-order valence-electron chi connectivity index (χ3n) is 1.90. The molecule has 1 aromatic heterocycles. The molecule has 0 bridgehead atoms. The molecule has 14 heavy (non-hydrogen) atoms. The van der Waals surface area contributed by atoms with Crippen LogP contribution in [0.5, 0.6) is 0 Å². The first-order valence-electron chi connectivity index (χ1n) is 4.05. The van der Waals surface area contributed by atoms with Crippen LogP contribution in [-0.4, -0.2) is 0 Å². The second kappa shape index (κ2) is 3.57. The Morgan fingerprint density at radius 2 is 2.14 bits per heavy atom. The van der Waals surface area contributed by atoms with Gasteiger partial charge in [0, 0.05) is 5.56 Å². The van der Waals surface area contributed by atoms with Gasteiger partial charge in [0.1, 0.15) is 11.8 Å². The van der Waals surface area contributed by atoms with Gasteiger partial charge in [-0.25, -0.2) is 0 Å². The first-order valence-corrected chi connectivity index (χ1v) is 4.42. The van der Waals surface area contributed by atoms with Crippen molar-refractivity contribution in [2.45, 2.75) is 0 Å². The number of hydrogen-bond donors (Lipinski definition) is 0. The van der Waals surface area contributed by atoms with Crippen LogP contribution in [0.1, 0.15) is 5.56 Å². The number of nitriles is 1. The quantitative estimate of drug-likeness (QED) is 0.712. The first kappa shape index (κ1) is 8.86. The third-order valence-corrected chi connectivity index (χ3v) is 2.21. The Morgan fingerprint density at radius 1 is 1.29 bits per heavy atom. The zero-order valence-electron chi connectivity index (χ0n) is 7.20. The minimum Gasteiger partial charge on any atom is -0.464 e. The number of halogens is 1. The van der Waals surface area contributed by atoms with E-state index in [1.807, 2.05) is 18.2 Å². The van der Waals surface area contributed by atoms with Gasteiger partial charge in [-0.1, -0.05) is 11.6 Å². The highest BCUT2D eigenvalue weighted by atomic mass is 35.5. The van der Waals surface area contributed by atoms with Crippen LogP contribution in [0, 0.1) is 11.3 Å². The molecular formula is C11H6ClNO. The van der Waals surface area contributed by atoms with Crippen molar-refractivity contribution in [1.82, 2.24) is 0 Å². The molecule has 0 atom stereocenters. The molecule has 0 saturated carbocycles. The smallest absolute Gasteiger partial charge is 0.133 e. The molecule has 0 N–H and O–H groups in total. The van der Waals surface area contributed by atoms with Gasteiger partial charge in [0.25, 0.3) is 0 Å². The van der Waals surface area contributed by atoms with Crippen molar-refractivity contribution >= 4 is 11.6 Å². The lowest BCUT2D eigenvalue weighted by molar-refractivity contribution is 0.582. The number of benzene rings is 1. The van der Waals surface area contributed by atoms with Gasteiger partial charge >= 0.3 is 0 Å². The molecule has 0 aliphatic heterocycles. The SMILES string of the molecule is N#Cc1ccc(-c2ccco2)cc1Cl. The van der Waals surface area contributed by atoms with Crippen molar-refractivity contribution in [2.24, 2.45) is 0 Å². The Balaban J connectivity index is 2.49. The van der Waals surface area contributed by atoms with Gasteiger partial charge in [-0.15, -0.1) is 0 Å². The zero-order chi connectivity index (χ0) is 9.97. The fourth-order valence-electron chi connectivity index (χ4n) is 1.20. The molecule has 2 rings (SSSR count). The van der Waals surface area contributed by atoms with Crippen LogP contribution in [0.4, 0.5) is 0 Å². The molecule has 0 amide bonds. The van der Waals surface area contributed by atoms with Crippen molar-refractivity contribution in [3.8, 4) is 17.4 Å². The number of nitrogens with zero attached hydrogens (tertiary/aromatic N) is 1. The van der Waals surface area contributed by atoms with E-state index in [1.165, 1.54) is 0 Å². The molecule has 1 aromatic carbocycles. The van der Waals surface area contributed by atoms with Gasteiger partial charge in [-0.05, 0) is 30.3 Å².